The number of hydrogen-bond donors (Lipinski definition) is 1. The van der Waals surface area contributed by atoms with E-state index in [0.717, 1.165) is 5.56 Å². The fourth-order valence-corrected chi connectivity index (χ4v) is 2.93. The van der Waals surface area contributed by atoms with E-state index in [0.29, 0.717) is 22.9 Å². The summed E-state index contributed by atoms with van der Waals surface area (Å²) in [5, 5.41) is 0.565. The summed E-state index contributed by atoms with van der Waals surface area (Å²) in [6.07, 6.45) is 1.57. The zero-order chi connectivity index (χ0) is 17.4. The first kappa shape index (κ1) is 15.4. The number of benzene rings is 2. The second-order valence-electron chi connectivity index (χ2n) is 5.60. The molecule has 0 atom stereocenters. The van der Waals surface area contributed by atoms with Gasteiger partial charge in [0.1, 0.15) is 0 Å². The molecule has 124 valence electrons. The molecule has 25 heavy (non-hydrogen) atoms. The highest BCUT2D eigenvalue weighted by atomic mass is 35.5. The van der Waals surface area contributed by atoms with Crippen LogP contribution in [0.1, 0.15) is 5.56 Å². The fraction of sp³-hybridized carbons (Fsp3) is 0.0556. The second-order valence-corrected chi connectivity index (χ2v) is 6.04. The molecular weight excluding hydrogens is 340 g/mol. The Hall–Kier alpha value is -3.12. The van der Waals surface area contributed by atoms with Crippen molar-refractivity contribution in [3.05, 3.63) is 92.3 Å². The van der Waals surface area contributed by atoms with E-state index in [2.05, 4.69) is 9.97 Å². The van der Waals surface area contributed by atoms with E-state index in [1.54, 1.807) is 35.2 Å². The first-order valence-corrected chi connectivity index (χ1v) is 8.01. The fourth-order valence-electron chi connectivity index (χ4n) is 2.80. The molecular formula is C18H13ClN4O2. The van der Waals surface area contributed by atoms with Crippen molar-refractivity contribution in [2.45, 2.75) is 6.54 Å². The smallest absolute Gasteiger partial charge is 0.312 e. The van der Waals surface area contributed by atoms with Gasteiger partial charge >= 0.3 is 5.69 Å². The monoisotopic (exact) mass is 352 g/mol. The SMILES string of the molecule is O=c1[nH]c(=O)n(-c2ccc(Cl)cc2)c2c1ncn2Cc1ccccc1. The number of halogens is 1. The maximum atomic E-state index is 12.5. The molecule has 1 N–H and O–H groups in total. The van der Waals surface area contributed by atoms with Gasteiger partial charge in [0.05, 0.1) is 18.6 Å². The van der Waals surface area contributed by atoms with Crippen molar-refractivity contribution in [2.75, 3.05) is 0 Å². The standard InChI is InChI=1S/C18H13ClN4O2/c19-13-6-8-14(9-7-13)23-17-15(16(24)21-18(23)25)20-11-22(17)10-12-4-2-1-3-5-12/h1-9,11H,10H2,(H,21,24,25). The van der Waals surface area contributed by atoms with Crippen LogP contribution in [0.3, 0.4) is 0 Å². The molecule has 0 fully saturated rings. The summed E-state index contributed by atoms with van der Waals surface area (Å²) in [5.41, 5.74) is 1.28. The molecule has 2 aromatic carbocycles. The molecule has 0 amide bonds. The van der Waals surface area contributed by atoms with Crippen LogP contribution in [-0.4, -0.2) is 19.1 Å². The summed E-state index contributed by atoms with van der Waals surface area (Å²) in [5.74, 6) is 0. The zero-order valence-corrected chi connectivity index (χ0v) is 13.8. The summed E-state index contributed by atoms with van der Waals surface area (Å²) < 4.78 is 3.22. The van der Waals surface area contributed by atoms with Crippen LogP contribution in [0.15, 0.2) is 70.5 Å². The maximum Gasteiger partial charge on any atom is 0.334 e. The third-order valence-corrected chi connectivity index (χ3v) is 4.19. The molecule has 2 aromatic heterocycles. The number of aromatic nitrogens is 4. The summed E-state index contributed by atoms with van der Waals surface area (Å²) in [7, 11) is 0. The molecule has 0 aliphatic heterocycles. The van der Waals surface area contributed by atoms with Crippen molar-refractivity contribution in [1.29, 1.82) is 0 Å². The first-order valence-electron chi connectivity index (χ1n) is 7.63. The van der Waals surface area contributed by atoms with E-state index in [1.165, 1.54) is 4.57 Å². The summed E-state index contributed by atoms with van der Waals surface area (Å²) in [6.45, 7) is 0.494. The third kappa shape index (κ3) is 2.77. The number of nitrogens with one attached hydrogen (secondary N) is 1. The van der Waals surface area contributed by atoms with Crippen LogP contribution in [0.25, 0.3) is 16.9 Å². The van der Waals surface area contributed by atoms with Crippen molar-refractivity contribution < 1.29 is 0 Å². The summed E-state index contributed by atoms with van der Waals surface area (Å²) in [4.78, 5) is 31.1. The molecule has 0 radical (unpaired) electrons. The van der Waals surface area contributed by atoms with Gasteiger partial charge in [-0.25, -0.2) is 14.3 Å². The molecule has 6 nitrogen and oxygen atoms in total. The number of fused-ring (bicyclic) bond motifs is 1. The number of rotatable bonds is 3. The van der Waals surface area contributed by atoms with E-state index in [4.69, 9.17) is 11.6 Å². The molecule has 4 rings (SSSR count). The highest BCUT2D eigenvalue weighted by Crippen LogP contribution is 2.17. The lowest BCUT2D eigenvalue weighted by Crippen LogP contribution is -2.30. The van der Waals surface area contributed by atoms with E-state index in [1.807, 2.05) is 30.3 Å². The van der Waals surface area contributed by atoms with Gasteiger partial charge in [-0.1, -0.05) is 41.9 Å². The number of nitrogens with zero attached hydrogens (tertiary/aromatic N) is 3. The van der Waals surface area contributed by atoms with Crippen LogP contribution in [0.5, 0.6) is 0 Å². The van der Waals surface area contributed by atoms with Crippen molar-refractivity contribution in [2.24, 2.45) is 0 Å². The van der Waals surface area contributed by atoms with Gasteiger partial charge in [-0.15, -0.1) is 0 Å². The largest absolute Gasteiger partial charge is 0.334 e. The van der Waals surface area contributed by atoms with Gasteiger partial charge < -0.3 is 4.57 Å². The third-order valence-electron chi connectivity index (χ3n) is 3.94. The van der Waals surface area contributed by atoms with Crippen molar-refractivity contribution in [3.63, 3.8) is 0 Å². The minimum absolute atomic E-state index is 0.213. The number of H-pyrrole nitrogens is 1. The first-order chi connectivity index (χ1) is 12.1. The number of aromatic amines is 1. The van der Waals surface area contributed by atoms with E-state index in [-0.39, 0.29) is 5.52 Å². The summed E-state index contributed by atoms with van der Waals surface area (Å²) in [6, 6.07) is 16.6. The van der Waals surface area contributed by atoms with Crippen LogP contribution in [0.4, 0.5) is 0 Å². The maximum absolute atomic E-state index is 12.5. The quantitative estimate of drug-likeness (QED) is 0.616. The van der Waals surface area contributed by atoms with Gasteiger partial charge in [0, 0.05) is 5.02 Å². The topological polar surface area (TPSA) is 72.7 Å². The van der Waals surface area contributed by atoms with E-state index >= 15 is 0 Å². The Morgan fingerprint density at radius 2 is 1.72 bits per heavy atom. The Kier molecular flexibility index (Phi) is 3.74. The van der Waals surface area contributed by atoms with Crippen LogP contribution in [-0.2, 0) is 6.54 Å². The summed E-state index contributed by atoms with van der Waals surface area (Å²) >= 11 is 5.94. The normalized spacial score (nSPS) is 11.1. The van der Waals surface area contributed by atoms with Crippen molar-refractivity contribution >= 4 is 22.8 Å². The molecule has 0 spiro atoms. The lowest BCUT2D eigenvalue weighted by molar-refractivity contribution is 0.787. The Morgan fingerprint density at radius 3 is 2.44 bits per heavy atom. The van der Waals surface area contributed by atoms with Gasteiger partial charge in [-0.2, -0.15) is 0 Å². The van der Waals surface area contributed by atoms with Gasteiger partial charge in [-0.05, 0) is 29.8 Å². The number of imidazole rings is 1. The van der Waals surface area contributed by atoms with Crippen molar-refractivity contribution in [1.82, 2.24) is 19.1 Å². The van der Waals surface area contributed by atoms with Crippen LogP contribution >= 0.6 is 11.6 Å². The Balaban J connectivity index is 1.98. The van der Waals surface area contributed by atoms with Crippen LogP contribution in [0.2, 0.25) is 5.02 Å². The lowest BCUT2D eigenvalue weighted by Gasteiger charge is -2.11. The van der Waals surface area contributed by atoms with Crippen molar-refractivity contribution in [3.8, 4) is 5.69 Å². The molecule has 0 saturated heterocycles. The van der Waals surface area contributed by atoms with Gasteiger partial charge in [0.25, 0.3) is 5.56 Å². The molecule has 0 bridgehead atoms. The molecule has 4 aromatic rings. The van der Waals surface area contributed by atoms with Gasteiger partial charge in [0.2, 0.25) is 0 Å². The zero-order valence-electron chi connectivity index (χ0n) is 13.0. The van der Waals surface area contributed by atoms with E-state index in [9.17, 15) is 9.59 Å². The highest BCUT2D eigenvalue weighted by Gasteiger charge is 2.15. The van der Waals surface area contributed by atoms with Crippen LogP contribution in [0, 0.1) is 0 Å². The molecule has 2 heterocycles. The minimum Gasteiger partial charge on any atom is -0.312 e. The van der Waals surface area contributed by atoms with Crippen LogP contribution < -0.4 is 11.2 Å². The van der Waals surface area contributed by atoms with Gasteiger partial charge in [-0.3, -0.25) is 9.78 Å². The second kappa shape index (κ2) is 6.07. The molecule has 0 unspecified atom stereocenters. The molecule has 7 heteroatoms. The lowest BCUT2D eigenvalue weighted by atomic mass is 10.2. The Labute approximate surface area is 147 Å². The number of hydrogen-bond acceptors (Lipinski definition) is 3. The molecule has 0 saturated carbocycles. The molecule has 0 aliphatic carbocycles. The Morgan fingerprint density at radius 1 is 1.00 bits per heavy atom. The average Bonchev–Trinajstić information content (AvgIpc) is 3.01. The minimum atomic E-state index is -0.519. The van der Waals surface area contributed by atoms with E-state index < -0.39 is 11.2 Å². The highest BCUT2D eigenvalue weighted by molar-refractivity contribution is 6.30. The molecule has 0 aliphatic rings. The predicted molar refractivity (Wildman–Crippen MR) is 96.5 cm³/mol. The predicted octanol–water partition coefficient (Wildman–Crippen LogP) is 2.58. The average molecular weight is 353 g/mol. The Bertz CT molecular complexity index is 1160. The van der Waals surface area contributed by atoms with Gasteiger partial charge in [0.15, 0.2) is 11.2 Å².